The summed E-state index contributed by atoms with van der Waals surface area (Å²) in [5.74, 6) is 0.0587. The molecule has 0 saturated heterocycles. The van der Waals surface area contributed by atoms with Crippen LogP contribution in [0.15, 0.2) is 24.3 Å². The van der Waals surface area contributed by atoms with E-state index in [4.69, 9.17) is 22.1 Å². The summed E-state index contributed by atoms with van der Waals surface area (Å²) in [4.78, 5) is 11.8. The van der Waals surface area contributed by atoms with Gasteiger partial charge in [0.1, 0.15) is 0 Å². The molecule has 1 rings (SSSR count). The minimum absolute atomic E-state index is 0.0587. The predicted molar refractivity (Wildman–Crippen MR) is 69.2 cm³/mol. The van der Waals surface area contributed by atoms with Crippen molar-refractivity contribution in [2.75, 3.05) is 13.7 Å². The number of hydrogen-bond donors (Lipinski definition) is 1. The molecular weight excluding hydrogens is 238 g/mol. The smallest absolute Gasteiger partial charge is 0.153 e. The standard InChI is InChI=1S/C13H18ClNO2/c1-17-8-2-3-12(15)13(16)9-10-4-6-11(14)7-5-10/h4-7,12H,2-3,8-9,15H2,1H3. The SMILES string of the molecule is COCCCC(N)C(=O)Cc1ccc(Cl)cc1. The number of nitrogens with two attached hydrogens (primary N) is 1. The predicted octanol–water partition coefficient (Wildman–Crippen LogP) is 2.21. The van der Waals surface area contributed by atoms with Gasteiger partial charge in [-0.2, -0.15) is 0 Å². The lowest BCUT2D eigenvalue weighted by Gasteiger charge is -2.10. The first-order valence-corrected chi connectivity index (χ1v) is 6.03. The van der Waals surface area contributed by atoms with E-state index < -0.39 is 6.04 Å². The van der Waals surface area contributed by atoms with Gasteiger partial charge in [-0.15, -0.1) is 0 Å². The van der Waals surface area contributed by atoms with Crippen molar-refractivity contribution in [3.63, 3.8) is 0 Å². The van der Waals surface area contributed by atoms with Crippen LogP contribution >= 0.6 is 11.6 Å². The molecule has 0 saturated carbocycles. The number of carbonyl (C=O) groups excluding carboxylic acids is 1. The van der Waals surface area contributed by atoms with E-state index in [9.17, 15) is 4.79 Å². The summed E-state index contributed by atoms with van der Waals surface area (Å²) >= 11 is 5.77. The van der Waals surface area contributed by atoms with E-state index >= 15 is 0 Å². The summed E-state index contributed by atoms with van der Waals surface area (Å²) in [6, 6.07) is 6.85. The third kappa shape index (κ3) is 5.31. The number of rotatable bonds is 7. The van der Waals surface area contributed by atoms with Crippen molar-refractivity contribution in [2.24, 2.45) is 5.73 Å². The zero-order valence-electron chi connectivity index (χ0n) is 9.99. The Bertz CT molecular complexity index is 351. The van der Waals surface area contributed by atoms with Crippen molar-refractivity contribution in [3.05, 3.63) is 34.9 Å². The Labute approximate surface area is 107 Å². The fourth-order valence-electron chi connectivity index (χ4n) is 1.54. The van der Waals surface area contributed by atoms with Gasteiger partial charge in [0.05, 0.1) is 6.04 Å². The molecule has 0 spiro atoms. The lowest BCUT2D eigenvalue weighted by molar-refractivity contribution is -0.119. The quantitative estimate of drug-likeness (QED) is 0.760. The molecule has 1 aromatic carbocycles. The van der Waals surface area contributed by atoms with Crippen LogP contribution in [0.1, 0.15) is 18.4 Å². The maximum atomic E-state index is 11.8. The molecule has 94 valence electrons. The van der Waals surface area contributed by atoms with Gasteiger partial charge in [-0.3, -0.25) is 4.79 Å². The molecule has 0 aromatic heterocycles. The highest BCUT2D eigenvalue weighted by Gasteiger charge is 2.13. The van der Waals surface area contributed by atoms with E-state index in [0.717, 1.165) is 12.0 Å². The molecule has 0 aliphatic heterocycles. The van der Waals surface area contributed by atoms with Crippen molar-refractivity contribution >= 4 is 17.4 Å². The Morgan fingerprint density at radius 1 is 1.41 bits per heavy atom. The van der Waals surface area contributed by atoms with Crippen molar-refractivity contribution < 1.29 is 9.53 Å². The average Bonchev–Trinajstić information content (AvgIpc) is 2.32. The zero-order chi connectivity index (χ0) is 12.7. The van der Waals surface area contributed by atoms with Crippen molar-refractivity contribution in [1.29, 1.82) is 0 Å². The topological polar surface area (TPSA) is 52.3 Å². The molecule has 1 atom stereocenters. The average molecular weight is 256 g/mol. The number of carbonyl (C=O) groups is 1. The van der Waals surface area contributed by atoms with E-state index in [-0.39, 0.29) is 5.78 Å². The number of hydrogen-bond acceptors (Lipinski definition) is 3. The second kappa shape index (κ2) is 7.43. The first kappa shape index (κ1) is 14.2. The van der Waals surface area contributed by atoms with Crippen LogP contribution in [0.3, 0.4) is 0 Å². The summed E-state index contributed by atoms with van der Waals surface area (Å²) < 4.78 is 4.92. The maximum absolute atomic E-state index is 11.8. The third-order valence-corrected chi connectivity index (χ3v) is 2.82. The third-order valence-electron chi connectivity index (χ3n) is 2.57. The van der Waals surface area contributed by atoms with Crippen LogP contribution in [0.4, 0.5) is 0 Å². The summed E-state index contributed by atoms with van der Waals surface area (Å²) in [6.07, 6.45) is 1.84. The van der Waals surface area contributed by atoms with E-state index in [1.165, 1.54) is 0 Å². The van der Waals surface area contributed by atoms with E-state index in [0.29, 0.717) is 24.5 Å². The number of ketones is 1. The Hall–Kier alpha value is -0.900. The highest BCUT2D eigenvalue weighted by atomic mass is 35.5. The van der Waals surface area contributed by atoms with Crippen LogP contribution in [-0.4, -0.2) is 25.5 Å². The molecule has 0 heterocycles. The number of ether oxygens (including phenoxy) is 1. The van der Waals surface area contributed by atoms with Gasteiger partial charge >= 0.3 is 0 Å². The Balaban J connectivity index is 2.40. The Kier molecular flexibility index (Phi) is 6.19. The van der Waals surface area contributed by atoms with Crippen LogP contribution < -0.4 is 5.73 Å². The monoisotopic (exact) mass is 255 g/mol. The maximum Gasteiger partial charge on any atom is 0.153 e. The van der Waals surface area contributed by atoms with Gasteiger partial charge in [-0.05, 0) is 30.5 Å². The zero-order valence-corrected chi connectivity index (χ0v) is 10.7. The van der Waals surface area contributed by atoms with Crippen LogP contribution in [-0.2, 0) is 16.0 Å². The largest absolute Gasteiger partial charge is 0.385 e. The summed E-state index contributed by atoms with van der Waals surface area (Å²) in [6.45, 7) is 0.641. The van der Waals surface area contributed by atoms with Gasteiger partial charge in [0.25, 0.3) is 0 Å². The van der Waals surface area contributed by atoms with E-state index in [1.807, 2.05) is 12.1 Å². The normalized spacial score (nSPS) is 12.4. The van der Waals surface area contributed by atoms with Crippen LogP contribution in [0.25, 0.3) is 0 Å². The number of Topliss-reactive ketones (excluding diaryl/α,β-unsaturated/α-hetero) is 1. The van der Waals surface area contributed by atoms with Crippen LogP contribution in [0.5, 0.6) is 0 Å². The van der Waals surface area contributed by atoms with Crippen molar-refractivity contribution in [1.82, 2.24) is 0 Å². The Morgan fingerprint density at radius 2 is 2.06 bits per heavy atom. The minimum Gasteiger partial charge on any atom is -0.385 e. The second-order valence-electron chi connectivity index (χ2n) is 4.01. The summed E-state index contributed by atoms with van der Waals surface area (Å²) in [7, 11) is 1.64. The molecule has 0 fully saturated rings. The molecule has 17 heavy (non-hydrogen) atoms. The molecule has 2 N–H and O–H groups in total. The van der Waals surface area contributed by atoms with E-state index in [2.05, 4.69) is 0 Å². The van der Waals surface area contributed by atoms with Crippen LogP contribution in [0, 0.1) is 0 Å². The van der Waals surface area contributed by atoms with Gasteiger partial charge < -0.3 is 10.5 Å². The minimum atomic E-state index is -0.402. The van der Waals surface area contributed by atoms with Gasteiger partial charge in [0.2, 0.25) is 0 Å². The molecule has 4 heteroatoms. The number of methoxy groups -OCH3 is 1. The molecule has 0 radical (unpaired) electrons. The molecule has 1 unspecified atom stereocenters. The molecule has 0 bridgehead atoms. The van der Waals surface area contributed by atoms with Gasteiger partial charge in [-0.1, -0.05) is 23.7 Å². The fraction of sp³-hybridized carbons (Fsp3) is 0.462. The van der Waals surface area contributed by atoms with E-state index in [1.54, 1.807) is 19.2 Å². The molecule has 0 amide bonds. The molecular formula is C13H18ClNO2. The first-order chi connectivity index (χ1) is 8.13. The van der Waals surface area contributed by atoms with Gasteiger partial charge in [0.15, 0.2) is 5.78 Å². The molecule has 1 aromatic rings. The first-order valence-electron chi connectivity index (χ1n) is 5.65. The fourth-order valence-corrected chi connectivity index (χ4v) is 1.67. The molecule has 0 aliphatic rings. The summed E-state index contributed by atoms with van der Waals surface area (Å²) in [5.41, 5.74) is 6.75. The molecule has 3 nitrogen and oxygen atoms in total. The van der Waals surface area contributed by atoms with Gasteiger partial charge in [-0.25, -0.2) is 0 Å². The van der Waals surface area contributed by atoms with Gasteiger partial charge in [0, 0.05) is 25.2 Å². The Morgan fingerprint density at radius 3 is 2.65 bits per heavy atom. The number of benzene rings is 1. The highest BCUT2D eigenvalue weighted by molar-refractivity contribution is 6.30. The lowest BCUT2D eigenvalue weighted by atomic mass is 10.0. The lowest BCUT2D eigenvalue weighted by Crippen LogP contribution is -2.32. The molecule has 0 aliphatic carbocycles. The van der Waals surface area contributed by atoms with Crippen LogP contribution in [0.2, 0.25) is 5.02 Å². The highest BCUT2D eigenvalue weighted by Crippen LogP contribution is 2.11. The van der Waals surface area contributed by atoms with Crippen molar-refractivity contribution in [3.8, 4) is 0 Å². The second-order valence-corrected chi connectivity index (χ2v) is 4.45. The van der Waals surface area contributed by atoms with Crippen molar-refractivity contribution in [2.45, 2.75) is 25.3 Å². The summed E-state index contributed by atoms with van der Waals surface area (Å²) in [5, 5.41) is 0.672. The number of halogens is 1.